The van der Waals surface area contributed by atoms with Crippen molar-refractivity contribution in [2.45, 2.75) is 13.8 Å². The van der Waals surface area contributed by atoms with Crippen molar-refractivity contribution in [1.82, 2.24) is 14.5 Å². The highest BCUT2D eigenvalue weighted by molar-refractivity contribution is 7.21. The molecule has 0 radical (unpaired) electrons. The van der Waals surface area contributed by atoms with E-state index in [4.69, 9.17) is 4.98 Å². The number of carbonyl (C=O) groups is 1. The molecule has 0 saturated carbocycles. The summed E-state index contributed by atoms with van der Waals surface area (Å²) < 4.78 is 3.15. The van der Waals surface area contributed by atoms with Gasteiger partial charge in [0.05, 0.1) is 45.4 Å². The van der Waals surface area contributed by atoms with Crippen LogP contribution in [0.2, 0.25) is 0 Å². The Morgan fingerprint density at radius 3 is 2.48 bits per heavy atom. The zero-order valence-corrected chi connectivity index (χ0v) is 18.4. The lowest BCUT2D eigenvalue weighted by molar-refractivity contribution is -0.255. The van der Waals surface area contributed by atoms with Gasteiger partial charge in [0.15, 0.2) is 13.1 Å². The highest BCUT2D eigenvalue weighted by Crippen LogP contribution is 2.36. The molecule has 29 heavy (non-hydrogen) atoms. The average Bonchev–Trinajstić information content (AvgIpc) is 2.67. The van der Waals surface area contributed by atoms with Gasteiger partial charge in [0.2, 0.25) is 5.36 Å². The Hall–Kier alpha value is -2.51. The van der Waals surface area contributed by atoms with Crippen LogP contribution in [0.4, 0.5) is 5.69 Å². The third-order valence-corrected chi connectivity index (χ3v) is 6.81. The van der Waals surface area contributed by atoms with E-state index in [1.54, 1.807) is 0 Å². The fourth-order valence-electron chi connectivity index (χ4n) is 3.92. The van der Waals surface area contributed by atoms with Crippen molar-refractivity contribution in [3.8, 4) is 10.6 Å². The van der Waals surface area contributed by atoms with Crippen LogP contribution in [0.5, 0.6) is 0 Å². The van der Waals surface area contributed by atoms with Crippen molar-refractivity contribution < 1.29 is 9.90 Å². The molecule has 1 aromatic carbocycles. The van der Waals surface area contributed by atoms with Gasteiger partial charge in [-0.15, -0.1) is 11.3 Å². The molecule has 0 unspecified atom stereocenters. The minimum atomic E-state index is -1.14. The van der Waals surface area contributed by atoms with E-state index < -0.39 is 5.97 Å². The molecule has 0 aromatic heterocycles. The number of aromatic carboxylic acids is 1. The molecule has 1 fully saturated rings. The third-order valence-electron chi connectivity index (χ3n) is 5.68. The number of hydrogen-bond acceptors (Lipinski definition) is 6. The summed E-state index contributed by atoms with van der Waals surface area (Å²) in [6.45, 7) is 7.49. The predicted molar refractivity (Wildman–Crippen MR) is 117 cm³/mol. The van der Waals surface area contributed by atoms with Crippen molar-refractivity contribution in [3.63, 3.8) is 0 Å². The Kier molecular flexibility index (Phi) is 5.04. The van der Waals surface area contributed by atoms with Crippen molar-refractivity contribution in [3.05, 3.63) is 40.2 Å². The molecule has 7 heteroatoms. The number of hydrogen-bond donors (Lipinski definition) is 0. The van der Waals surface area contributed by atoms with E-state index in [1.165, 1.54) is 11.3 Å². The lowest BCUT2D eigenvalue weighted by atomic mass is 10.0. The molecule has 0 amide bonds. The smallest absolute Gasteiger partial charge is 0.211 e. The number of rotatable bonds is 2. The fourth-order valence-corrected chi connectivity index (χ4v) is 5.22. The number of fused-ring (bicyclic) bond motifs is 2. The SMILES string of the molecule is Cc1cc(=[N+]2CCN(C)CC2)c(C(=O)[O-])c2sc3cc(N(C)C)cc(C)c3nc1-2. The van der Waals surface area contributed by atoms with Crippen molar-refractivity contribution in [1.29, 1.82) is 0 Å². The molecule has 0 bridgehead atoms. The number of carboxylic acids is 1. The van der Waals surface area contributed by atoms with Gasteiger partial charge in [-0.05, 0) is 44.2 Å². The second-order valence-corrected chi connectivity index (χ2v) is 9.11. The molecule has 152 valence electrons. The molecule has 6 nitrogen and oxygen atoms in total. The molecule has 0 atom stereocenters. The quantitative estimate of drug-likeness (QED) is 0.469. The second kappa shape index (κ2) is 7.39. The third kappa shape index (κ3) is 3.49. The Labute approximate surface area is 174 Å². The molecule has 0 N–H and O–H groups in total. The van der Waals surface area contributed by atoms with Crippen LogP contribution in [0.15, 0.2) is 18.2 Å². The first-order valence-electron chi connectivity index (χ1n) is 9.80. The molecule has 1 saturated heterocycles. The van der Waals surface area contributed by atoms with Crippen LogP contribution in [-0.4, -0.2) is 63.2 Å². The van der Waals surface area contributed by atoms with Crippen LogP contribution in [0.3, 0.4) is 0 Å². The summed E-state index contributed by atoms with van der Waals surface area (Å²) in [7, 11) is 6.09. The number of anilines is 1. The fraction of sp³-hybridized carbons (Fsp3) is 0.409. The van der Waals surface area contributed by atoms with E-state index in [1.807, 2.05) is 27.1 Å². The maximum Gasteiger partial charge on any atom is 0.211 e. The van der Waals surface area contributed by atoms with E-state index in [-0.39, 0.29) is 5.56 Å². The van der Waals surface area contributed by atoms with Gasteiger partial charge in [0.25, 0.3) is 0 Å². The zero-order valence-electron chi connectivity index (χ0n) is 17.6. The van der Waals surface area contributed by atoms with Crippen LogP contribution in [0, 0.1) is 13.8 Å². The van der Waals surface area contributed by atoms with E-state index in [0.29, 0.717) is 4.88 Å². The lowest BCUT2D eigenvalue weighted by Gasteiger charge is -2.22. The molecule has 1 aromatic rings. The van der Waals surface area contributed by atoms with Gasteiger partial charge < -0.3 is 14.8 Å². The number of benzene rings is 2. The van der Waals surface area contributed by atoms with Crippen LogP contribution in [0.25, 0.3) is 20.8 Å². The first-order chi connectivity index (χ1) is 13.8. The Bertz CT molecular complexity index is 1160. The van der Waals surface area contributed by atoms with Gasteiger partial charge in [0, 0.05) is 25.8 Å². The summed E-state index contributed by atoms with van der Waals surface area (Å²) in [4.78, 5) is 22.2. The van der Waals surface area contributed by atoms with Gasteiger partial charge in [0.1, 0.15) is 0 Å². The molecule has 2 heterocycles. The largest absolute Gasteiger partial charge is 0.544 e. The zero-order chi connectivity index (χ0) is 20.9. The number of piperazine rings is 1. The van der Waals surface area contributed by atoms with Crippen molar-refractivity contribution in [2.75, 3.05) is 52.2 Å². The van der Waals surface area contributed by atoms with E-state index in [2.05, 4.69) is 40.5 Å². The molecular weight excluding hydrogens is 384 g/mol. The molecule has 1 aliphatic carbocycles. The van der Waals surface area contributed by atoms with E-state index in [0.717, 1.165) is 64.3 Å². The van der Waals surface area contributed by atoms with Gasteiger partial charge in [-0.3, -0.25) is 4.90 Å². The topological polar surface area (TPSA) is 62.5 Å². The number of nitrogens with zero attached hydrogens (tertiary/aromatic N) is 4. The molecule has 0 spiro atoms. The number of likely N-dealkylation sites (N-methyl/N-ethyl adjacent to an activating group) is 1. The average molecular weight is 411 g/mol. The minimum absolute atomic E-state index is 0.266. The second-order valence-electron chi connectivity index (χ2n) is 8.06. The Morgan fingerprint density at radius 1 is 1.17 bits per heavy atom. The summed E-state index contributed by atoms with van der Waals surface area (Å²) in [5.74, 6) is -1.14. The first kappa shape index (κ1) is 19.8. The normalized spacial score (nSPS) is 15.3. The molecule has 4 rings (SSSR count). The number of carboxylic acid groups (broad SMARTS) is 1. The number of aryl methyl sites for hydroxylation is 2. The van der Waals surface area contributed by atoms with Gasteiger partial charge >= 0.3 is 0 Å². The standard InChI is InChI=1S/C22H26N4O2S/c1-13-10-15(24(3)4)12-17-19(13)23-20-14(2)11-16(18(22(27)28)21(20)29-17)26-8-6-25(5)7-9-26/h10-12H,6-9H2,1-5H3. The maximum absolute atomic E-state index is 12.3. The Morgan fingerprint density at radius 2 is 1.86 bits per heavy atom. The summed E-state index contributed by atoms with van der Waals surface area (Å²) in [6, 6.07) is 6.16. The summed E-state index contributed by atoms with van der Waals surface area (Å²) in [5.41, 5.74) is 5.10. The Balaban J connectivity index is 2.09. The van der Waals surface area contributed by atoms with Crippen LogP contribution in [0.1, 0.15) is 21.5 Å². The highest BCUT2D eigenvalue weighted by Gasteiger charge is 2.24. The lowest BCUT2D eigenvalue weighted by Crippen LogP contribution is -2.48. The van der Waals surface area contributed by atoms with Crippen LogP contribution >= 0.6 is 11.3 Å². The van der Waals surface area contributed by atoms with Gasteiger partial charge in [-0.1, -0.05) is 0 Å². The highest BCUT2D eigenvalue weighted by atomic mass is 32.1. The number of carbonyl (C=O) groups excluding carboxylic acids is 1. The van der Waals surface area contributed by atoms with Crippen LogP contribution in [-0.2, 0) is 0 Å². The van der Waals surface area contributed by atoms with Gasteiger partial charge in [-0.2, -0.15) is 0 Å². The van der Waals surface area contributed by atoms with E-state index in [9.17, 15) is 9.90 Å². The summed E-state index contributed by atoms with van der Waals surface area (Å²) >= 11 is 1.50. The van der Waals surface area contributed by atoms with Crippen molar-refractivity contribution in [2.24, 2.45) is 0 Å². The monoisotopic (exact) mass is 410 g/mol. The minimum Gasteiger partial charge on any atom is -0.544 e. The van der Waals surface area contributed by atoms with E-state index >= 15 is 0 Å². The molecule has 3 aliphatic rings. The molecule has 2 aliphatic heterocycles. The predicted octanol–water partition coefficient (Wildman–Crippen LogP) is 1.17. The summed E-state index contributed by atoms with van der Waals surface area (Å²) in [6.07, 6.45) is 0. The first-order valence-corrected chi connectivity index (χ1v) is 10.6. The van der Waals surface area contributed by atoms with Crippen molar-refractivity contribution >= 4 is 33.2 Å². The van der Waals surface area contributed by atoms with Crippen LogP contribution < -0.4 is 19.9 Å². The molecular formula is C22H26N4O2S. The number of aromatic nitrogens is 1. The summed E-state index contributed by atoms with van der Waals surface area (Å²) in [5, 5.41) is 13.0. The maximum atomic E-state index is 12.3. The van der Waals surface area contributed by atoms with Gasteiger partial charge in [-0.25, -0.2) is 9.56 Å².